The first-order valence-electron chi connectivity index (χ1n) is 5.74. The average molecular weight is 280 g/mol. The van der Waals surface area contributed by atoms with E-state index in [9.17, 15) is 10.2 Å². The zero-order valence-corrected chi connectivity index (χ0v) is 11.1. The molecule has 0 aromatic heterocycles. The summed E-state index contributed by atoms with van der Waals surface area (Å²) in [5.74, 6) is 0. The van der Waals surface area contributed by atoms with Gasteiger partial charge in [-0.1, -0.05) is 29.8 Å². The Labute approximate surface area is 116 Å². The number of aliphatic hydroxyl groups excluding tert-OH is 2. The molecule has 0 bridgehead atoms. The highest BCUT2D eigenvalue weighted by Crippen LogP contribution is 2.25. The van der Waals surface area contributed by atoms with Crippen LogP contribution in [-0.4, -0.2) is 39.6 Å². The summed E-state index contributed by atoms with van der Waals surface area (Å²) in [4.78, 5) is 2.87. The molecule has 0 saturated carbocycles. The molecule has 1 aliphatic rings. The molecule has 0 radical (unpaired) electrons. The van der Waals surface area contributed by atoms with Crippen LogP contribution in [0.5, 0.6) is 0 Å². The number of aliphatic hydroxyl groups is 2. The molecule has 0 amide bonds. The number of hydrogen-bond donors (Lipinski definition) is 2. The highest BCUT2D eigenvalue weighted by molar-refractivity contribution is 6.29. The summed E-state index contributed by atoms with van der Waals surface area (Å²) >= 11 is 6.04. The Morgan fingerprint density at radius 1 is 1.37 bits per heavy atom. The smallest absolute Gasteiger partial charge is 0.189 e. The van der Waals surface area contributed by atoms with Crippen molar-refractivity contribution in [3.63, 3.8) is 0 Å². The largest absolute Gasteiger partial charge is 0.374 e. The maximum Gasteiger partial charge on any atom is 0.189 e. The summed E-state index contributed by atoms with van der Waals surface area (Å²) in [5.41, 5.74) is 1.30. The van der Waals surface area contributed by atoms with Crippen molar-refractivity contribution in [3.8, 4) is 6.07 Å². The summed E-state index contributed by atoms with van der Waals surface area (Å²) in [6, 6.07) is 9.22. The van der Waals surface area contributed by atoms with Gasteiger partial charge < -0.3 is 15.1 Å². The second kappa shape index (κ2) is 5.59. The Kier molecular flexibility index (Phi) is 4.08. The maximum absolute atomic E-state index is 10.1. The van der Waals surface area contributed by atoms with Gasteiger partial charge in [0, 0.05) is 6.54 Å². The Bertz CT molecular complexity index is 541. The minimum Gasteiger partial charge on any atom is -0.374 e. The molecule has 6 heteroatoms. The van der Waals surface area contributed by atoms with E-state index in [1.165, 1.54) is 15.9 Å². The molecule has 0 fully saturated rings. The van der Waals surface area contributed by atoms with E-state index in [4.69, 9.17) is 16.9 Å². The van der Waals surface area contributed by atoms with Crippen LogP contribution in [-0.2, 0) is 6.54 Å². The number of likely N-dealkylation sites (N-methyl/N-ethyl adjacent to an activating group) is 1. The van der Waals surface area contributed by atoms with Crippen LogP contribution in [0.15, 0.2) is 35.5 Å². The Morgan fingerprint density at radius 2 is 2.05 bits per heavy atom. The number of nitrogens with zero attached hydrogens (tertiary/aromatic N) is 3. The molecule has 19 heavy (non-hydrogen) atoms. The van der Waals surface area contributed by atoms with Gasteiger partial charge in [0.25, 0.3) is 0 Å². The number of nitriles is 1. The molecule has 2 unspecified atom stereocenters. The molecular weight excluding hydrogens is 266 g/mol. The molecule has 0 aliphatic carbocycles. The van der Waals surface area contributed by atoms with Crippen molar-refractivity contribution in [1.82, 2.24) is 9.80 Å². The van der Waals surface area contributed by atoms with Crippen molar-refractivity contribution in [2.75, 3.05) is 7.05 Å². The third-order valence-electron chi connectivity index (χ3n) is 3.10. The maximum atomic E-state index is 10.1. The Hall–Kier alpha value is -1.58. The first-order valence-corrected chi connectivity index (χ1v) is 6.12. The Balaban J connectivity index is 2.28. The predicted octanol–water partition coefficient (Wildman–Crippen LogP) is 0.980. The standard InChI is InChI=1S/C13H14ClN3O2/c1-16-12(18)6-11(14)17(13(16)19)8-10-5-3-2-4-9(10)7-15/h2-6,12-13,18-19H,8H2,1H3. The van der Waals surface area contributed by atoms with Gasteiger partial charge >= 0.3 is 0 Å². The molecule has 100 valence electrons. The van der Waals surface area contributed by atoms with Gasteiger partial charge in [-0.25, -0.2) is 4.90 Å². The van der Waals surface area contributed by atoms with Gasteiger partial charge in [0.1, 0.15) is 11.4 Å². The fourth-order valence-electron chi connectivity index (χ4n) is 1.91. The Morgan fingerprint density at radius 3 is 2.74 bits per heavy atom. The van der Waals surface area contributed by atoms with Crippen molar-refractivity contribution in [2.24, 2.45) is 0 Å². The molecule has 1 heterocycles. The quantitative estimate of drug-likeness (QED) is 0.790. The van der Waals surface area contributed by atoms with Crippen molar-refractivity contribution in [2.45, 2.75) is 19.1 Å². The van der Waals surface area contributed by atoms with Crippen molar-refractivity contribution >= 4 is 11.6 Å². The lowest BCUT2D eigenvalue weighted by atomic mass is 10.1. The van der Waals surface area contributed by atoms with E-state index in [1.54, 1.807) is 25.2 Å². The van der Waals surface area contributed by atoms with E-state index in [2.05, 4.69) is 6.07 Å². The predicted molar refractivity (Wildman–Crippen MR) is 70.4 cm³/mol. The lowest BCUT2D eigenvalue weighted by molar-refractivity contribution is -0.147. The van der Waals surface area contributed by atoms with E-state index < -0.39 is 12.6 Å². The first-order chi connectivity index (χ1) is 9.04. The van der Waals surface area contributed by atoms with Gasteiger partial charge in [-0.05, 0) is 24.8 Å². The lowest BCUT2D eigenvalue weighted by Gasteiger charge is -2.40. The zero-order valence-electron chi connectivity index (χ0n) is 10.4. The SMILES string of the molecule is CN1C(O)C=C(Cl)N(Cc2ccccc2C#N)C1O. The van der Waals surface area contributed by atoms with Crippen molar-refractivity contribution in [1.29, 1.82) is 5.26 Å². The zero-order chi connectivity index (χ0) is 14.0. The number of rotatable bonds is 2. The van der Waals surface area contributed by atoms with Crippen molar-refractivity contribution in [3.05, 3.63) is 46.6 Å². The van der Waals surface area contributed by atoms with Gasteiger partial charge in [0.2, 0.25) is 0 Å². The average Bonchev–Trinajstić information content (AvgIpc) is 2.41. The van der Waals surface area contributed by atoms with Crippen LogP contribution in [0.2, 0.25) is 0 Å². The minimum atomic E-state index is -1.04. The molecule has 1 aliphatic heterocycles. The normalized spacial score (nSPS) is 23.9. The molecule has 1 aromatic rings. The van der Waals surface area contributed by atoms with E-state index >= 15 is 0 Å². The molecule has 0 saturated heterocycles. The third kappa shape index (κ3) is 2.72. The van der Waals surface area contributed by atoms with Crippen LogP contribution >= 0.6 is 11.6 Å². The monoisotopic (exact) mass is 279 g/mol. The molecule has 2 atom stereocenters. The van der Waals surface area contributed by atoms with Crippen molar-refractivity contribution < 1.29 is 10.2 Å². The highest BCUT2D eigenvalue weighted by atomic mass is 35.5. The summed E-state index contributed by atoms with van der Waals surface area (Å²) in [7, 11) is 1.58. The van der Waals surface area contributed by atoms with Gasteiger partial charge in [-0.2, -0.15) is 5.26 Å². The third-order valence-corrected chi connectivity index (χ3v) is 3.44. The summed E-state index contributed by atoms with van der Waals surface area (Å²) in [5, 5.41) is 29.0. The molecule has 5 nitrogen and oxygen atoms in total. The number of halogens is 1. The van der Waals surface area contributed by atoms with Crippen LogP contribution in [0.3, 0.4) is 0 Å². The first kappa shape index (κ1) is 13.8. The molecule has 0 spiro atoms. The topological polar surface area (TPSA) is 70.7 Å². The van der Waals surface area contributed by atoms with Crippen LogP contribution in [0, 0.1) is 11.3 Å². The van der Waals surface area contributed by atoms with Gasteiger partial charge in [-0.3, -0.25) is 0 Å². The second-order valence-electron chi connectivity index (χ2n) is 4.31. The van der Waals surface area contributed by atoms with Crippen LogP contribution in [0.4, 0.5) is 0 Å². The van der Waals surface area contributed by atoms with Gasteiger partial charge in [-0.15, -0.1) is 0 Å². The fraction of sp³-hybridized carbons (Fsp3) is 0.308. The molecule has 2 rings (SSSR count). The van der Waals surface area contributed by atoms with E-state index in [0.29, 0.717) is 5.56 Å². The molecular formula is C13H14ClN3O2. The highest BCUT2D eigenvalue weighted by Gasteiger charge is 2.30. The van der Waals surface area contributed by atoms with Crippen LogP contribution in [0.1, 0.15) is 11.1 Å². The van der Waals surface area contributed by atoms with E-state index in [1.807, 2.05) is 6.07 Å². The number of hydrogen-bond acceptors (Lipinski definition) is 5. The lowest BCUT2D eigenvalue weighted by Crippen LogP contribution is -2.52. The fourth-order valence-corrected chi connectivity index (χ4v) is 2.17. The second-order valence-corrected chi connectivity index (χ2v) is 4.70. The van der Waals surface area contributed by atoms with E-state index in [0.717, 1.165) is 5.56 Å². The van der Waals surface area contributed by atoms with Gasteiger partial charge in [0.05, 0.1) is 11.6 Å². The van der Waals surface area contributed by atoms with Crippen LogP contribution < -0.4 is 0 Å². The molecule has 2 N–H and O–H groups in total. The summed E-state index contributed by atoms with van der Waals surface area (Å²) in [6.45, 7) is 0.289. The van der Waals surface area contributed by atoms with Crippen LogP contribution in [0.25, 0.3) is 0 Å². The summed E-state index contributed by atoms with van der Waals surface area (Å²) < 4.78 is 0. The summed E-state index contributed by atoms with van der Waals surface area (Å²) in [6.07, 6.45) is -0.535. The van der Waals surface area contributed by atoms with E-state index in [-0.39, 0.29) is 11.7 Å². The minimum absolute atomic E-state index is 0.255. The van der Waals surface area contributed by atoms with Gasteiger partial charge in [0.15, 0.2) is 6.35 Å². The number of benzene rings is 1. The molecule has 1 aromatic carbocycles.